The molecule has 0 aliphatic rings. The number of benzene rings is 1. The van der Waals surface area contributed by atoms with Gasteiger partial charge in [-0.1, -0.05) is 24.9 Å². The van der Waals surface area contributed by atoms with Crippen molar-refractivity contribution < 1.29 is 4.79 Å². The first-order valence-corrected chi connectivity index (χ1v) is 8.04. The van der Waals surface area contributed by atoms with E-state index in [0.717, 1.165) is 29.8 Å². The van der Waals surface area contributed by atoms with Crippen LogP contribution in [-0.2, 0) is 0 Å². The molecule has 0 radical (unpaired) electrons. The minimum Gasteiger partial charge on any atom is -0.351 e. The lowest BCUT2D eigenvalue weighted by molar-refractivity contribution is 0.0948. The van der Waals surface area contributed by atoms with Crippen molar-refractivity contribution in [1.29, 1.82) is 0 Å². The van der Waals surface area contributed by atoms with Gasteiger partial charge in [-0.2, -0.15) is 0 Å². The van der Waals surface area contributed by atoms with Crippen LogP contribution in [-0.4, -0.2) is 22.4 Å². The lowest BCUT2D eigenvalue weighted by Gasteiger charge is -2.10. The molecule has 0 fully saturated rings. The molecule has 2 N–H and O–H groups in total. The molecule has 2 rings (SSSR count). The van der Waals surface area contributed by atoms with E-state index in [1.807, 2.05) is 26.0 Å². The number of aromatic nitrogens is 2. The van der Waals surface area contributed by atoms with Crippen LogP contribution in [0.4, 0.5) is 11.6 Å². The van der Waals surface area contributed by atoms with E-state index in [1.165, 1.54) is 0 Å². The normalized spacial score (nSPS) is 10.4. The quantitative estimate of drug-likeness (QED) is 0.784. The first kappa shape index (κ1) is 17.2. The van der Waals surface area contributed by atoms with Crippen LogP contribution in [0.5, 0.6) is 0 Å². The Bertz CT molecular complexity index is 703. The number of anilines is 2. The third-order valence-electron chi connectivity index (χ3n) is 3.34. The van der Waals surface area contributed by atoms with E-state index in [1.54, 1.807) is 12.1 Å². The predicted octanol–water partition coefficient (Wildman–Crippen LogP) is 4.02. The molecule has 0 bridgehead atoms. The molecule has 0 saturated heterocycles. The van der Waals surface area contributed by atoms with Crippen LogP contribution < -0.4 is 10.6 Å². The van der Waals surface area contributed by atoms with Gasteiger partial charge in [0.05, 0.1) is 0 Å². The molecule has 23 heavy (non-hydrogen) atoms. The van der Waals surface area contributed by atoms with Gasteiger partial charge in [0, 0.05) is 22.9 Å². The summed E-state index contributed by atoms with van der Waals surface area (Å²) < 4.78 is 0. The predicted molar refractivity (Wildman–Crippen MR) is 93.5 cm³/mol. The van der Waals surface area contributed by atoms with Crippen molar-refractivity contribution in [1.82, 2.24) is 15.3 Å². The molecule has 2 aromatic rings. The average molecular weight is 333 g/mol. The first-order chi connectivity index (χ1) is 11.0. The Labute approximate surface area is 141 Å². The Hall–Kier alpha value is -2.14. The Morgan fingerprint density at radius 1 is 1.22 bits per heavy atom. The van der Waals surface area contributed by atoms with Crippen molar-refractivity contribution in [3.63, 3.8) is 0 Å². The Kier molecular flexibility index (Phi) is 5.93. The second-order valence-electron chi connectivity index (χ2n) is 5.41. The second kappa shape index (κ2) is 7.92. The van der Waals surface area contributed by atoms with Gasteiger partial charge >= 0.3 is 0 Å². The monoisotopic (exact) mass is 332 g/mol. The summed E-state index contributed by atoms with van der Waals surface area (Å²) in [7, 11) is 0. The maximum Gasteiger partial charge on any atom is 0.270 e. The molecule has 1 heterocycles. The summed E-state index contributed by atoms with van der Waals surface area (Å²) in [6.07, 6.45) is 1.98. The third kappa shape index (κ3) is 4.93. The standard InChI is InChI=1S/C17H21ClN4O/c1-4-5-8-19-16(23)15-10-12(3)20-17(22-15)21-14-7-6-13(18)9-11(14)2/h6-7,9-10H,4-5,8H2,1-3H3,(H,19,23)(H,20,21,22). The molecular weight excluding hydrogens is 312 g/mol. The molecule has 0 aliphatic heterocycles. The van der Waals surface area contributed by atoms with E-state index >= 15 is 0 Å². The first-order valence-electron chi connectivity index (χ1n) is 7.66. The van der Waals surface area contributed by atoms with E-state index < -0.39 is 0 Å². The van der Waals surface area contributed by atoms with Crippen molar-refractivity contribution in [3.05, 3.63) is 46.2 Å². The molecule has 1 amide bonds. The van der Waals surface area contributed by atoms with Gasteiger partial charge in [-0.25, -0.2) is 9.97 Å². The number of carbonyl (C=O) groups is 1. The van der Waals surface area contributed by atoms with Crippen LogP contribution in [0.15, 0.2) is 24.3 Å². The summed E-state index contributed by atoms with van der Waals surface area (Å²) in [5.41, 5.74) is 2.94. The second-order valence-corrected chi connectivity index (χ2v) is 5.85. The highest BCUT2D eigenvalue weighted by Gasteiger charge is 2.11. The van der Waals surface area contributed by atoms with Crippen molar-refractivity contribution in [3.8, 4) is 0 Å². The lowest BCUT2D eigenvalue weighted by atomic mass is 10.2. The Morgan fingerprint density at radius 2 is 2.00 bits per heavy atom. The number of rotatable bonds is 6. The smallest absolute Gasteiger partial charge is 0.270 e. The van der Waals surface area contributed by atoms with Gasteiger partial charge in [0.2, 0.25) is 5.95 Å². The molecule has 0 atom stereocenters. The molecule has 1 aromatic carbocycles. The van der Waals surface area contributed by atoms with Crippen LogP contribution >= 0.6 is 11.6 Å². The number of nitrogens with zero attached hydrogens (tertiary/aromatic N) is 2. The maximum atomic E-state index is 12.1. The summed E-state index contributed by atoms with van der Waals surface area (Å²) in [4.78, 5) is 20.8. The zero-order valence-corrected chi connectivity index (χ0v) is 14.4. The summed E-state index contributed by atoms with van der Waals surface area (Å²) in [5.74, 6) is 0.218. The maximum absolute atomic E-state index is 12.1. The summed E-state index contributed by atoms with van der Waals surface area (Å²) >= 11 is 5.96. The lowest BCUT2D eigenvalue weighted by Crippen LogP contribution is -2.25. The molecule has 0 aliphatic carbocycles. The van der Waals surface area contributed by atoms with Crippen molar-refractivity contribution >= 4 is 29.1 Å². The summed E-state index contributed by atoms with van der Waals surface area (Å²) in [6, 6.07) is 7.20. The van der Waals surface area contributed by atoms with Crippen molar-refractivity contribution in [2.45, 2.75) is 33.6 Å². The van der Waals surface area contributed by atoms with Gasteiger partial charge in [0.15, 0.2) is 0 Å². The average Bonchev–Trinajstić information content (AvgIpc) is 2.50. The molecule has 6 heteroatoms. The highest BCUT2D eigenvalue weighted by molar-refractivity contribution is 6.30. The van der Waals surface area contributed by atoms with E-state index in [-0.39, 0.29) is 5.91 Å². The third-order valence-corrected chi connectivity index (χ3v) is 3.57. The number of halogens is 1. The highest BCUT2D eigenvalue weighted by atomic mass is 35.5. The molecule has 0 unspecified atom stereocenters. The van der Waals surface area contributed by atoms with Gasteiger partial charge in [-0.05, 0) is 50.1 Å². The van der Waals surface area contributed by atoms with Crippen LogP contribution in [0.25, 0.3) is 0 Å². The zero-order chi connectivity index (χ0) is 16.8. The number of nitrogens with one attached hydrogen (secondary N) is 2. The molecule has 1 aromatic heterocycles. The van der Waals surface area contributed by atoms with E-state index in [0.29, 0.717) is 23.2 Å². The van der Waals surface area contributed by atoms with Crippen LogP contribution in [0.2, 0.25) is 5.02 Å². The summed E-state index contributed by atoms with van der Waals surface area (Å²) in [5, 5.41) is 6.68. The van der Waals surface area contributed by atoms with Gasteiger partial charge in [-0.15, -0.1) is 0 Å². The summed E-state index contributed by atoms with van der Waals surface area (Å²) in [6.45, 7) is 6.52. The van der Waals surface area contributed by atoms with E-state index in [9.17, 15) is 4.79 Å². The van der Waals surface area contributed by atoms with Crippen LogP contribution in [0.3, 0.4) is 0 Å². The molecule has 0 saturated carbocycles. The number of carbonyl (C=O) groups excluding carboxylic acids is 1. The number of aryl methyl sites for hydroxylation is 2. The van der Waals surface area contributed by atoms with Crippen molar-refractivity contribution in [2.75, 3.05) is 11.9 Å². The fourth-order valence-corrected chi connectivity index (χ4v) is 2.32. The van der Waals surface area contributed by atoms with Gasteiger partial charge in [-0.3, -0.25) is 4.79 Å². The highest BCUT2D eigenvalue weighted by Crippen LogP contribution is 2.22. The fourth-order valence-electron chi connectivity index (χ4n) is 2.10. The van der Waals surface area contributed by atoms with E-state index in [4.69, 9.17) is 11.6 Å². The van der Waals surface area contributed by atoms with Gasteiger partial charge in [0.25, 0.3) is 5.91 Å². The fraction of sp³-hybridized carbons (Fsp3) is 0.353. The Morgan fingerprint density at radius 3 is 2.70 bits per heavy atom. The minimum atomic E-state index is -0.181. The van der Waals surface area contributed by atoms with Gasteiger partial charge < -0.3 is 10.6 Å². The van der Waals surface area contributed by atoms with Crippen molar-refractivity contribution in [2.24, 2.45) is 0 Å². The Balaban J connectivity index is 2.18. The zero-order valence-electron chi connectivity index (χ0n) is 13.6. The van der Waals surface area contributed by atoms with Gasteiger partial charge in [0.1, 0.15) is 5.69 Å². The van der Waals surface area contributed by atoms with Crippen LogP contribution in [0.1, 0.15) is 41.5 Å². The number of amides is 1. The largest absolute Gasteiger partial charge is 0.351 e. The van der Waals surface area contributed by atoms with E-state index in [2.05, 4.69) is 27.5 Å². The molecular formula is C17H21ClN4O. The number of unbranched alkanes of at least 4 members (excludes halogenated alkanes) is 1. The number of hydrogen-bond acceptors (Lipinski definition) is 4. The molecule has 5 nitrogen and oxygen atoms in total. The minimum absolute atomic E-state index is 0.181. The van der Waals surface area contributed by atoms with Crippen LogP contribution in [0, 0.1) is 13.8 Å². The molecule has 0 spiro atoms. The molecule has 122 valence electrons. The SMILES string of the molecule is CCCCNC(=O)c1cc(C)nc(Nc2ccc(Cl)cc2C)n1. The number of hydrogen-bond donors (Lipinski definition) is 2. The topological polar surface area (TPSA) is 66.9 Å².